The minimum Gasteiger partial charge on any atom is -0.381 e. The number of alkyl halides is 2. The summed E-state index contributed by atoms with van der Waals surface area (Å²) in [5.74, 6) is 1.40. The second-order valence-corrected chi connectivity index (χ2v) is 6.19. The van der Waals surface area contributed by atoms with E-state index in [1.54, 1.807) is 0 Å². The Kier molecular flexibility index (Phi) is 7.53. The van der Waals surface area contributed by atoms with E-state index in [0.717, 1.165) is 18.6 Å². The van der Waals surface area contributed by atoms with Gasteiger partial charge in [-0.1, -0.05) is 43.6 Å². The normalized spacial score (nSPS) is 12.1. The molecule has 0 aliphatic carbocycles. The van der Waals surface area contributed by atoms with Crippen molar-refractivity contribution in [3.05, 3.63) is 34.9 Å². The maximum absolute atomic E-state index is 6.27. The highest BCUT2D eigenvalue weighted by Gasteiger charge is 2.32. The summed E-state index contributed by atoms with van der Waals surface area (Å²) in [6.45, 7) is 5.65. The van der Waals surface area contributed by atoms with Gasteiger partial charge in [0.15, 0.2) is 0 Å². The van der Waals surface area contributed by atoms with Crippen LogP contribution in [-0.2, 0) is 10.2 Å². The third kappa shape index (κ3) is 4.82. The predicted octanol–water partition coefficient (Wildman–Crippen LogP) is 5.12. The molecule has 0 unspecified atom stereocenters. The Morgan fingerprint density at radius 2 is 1.79 bits per heavy atom. The first-order valence-corrected chi connectivity index (χ1v) is 7.95. The Morgan fingerprint density at radius 3 is 2.32 bits per heavy atom. The Hall–Kier alpha value is 0.0500. The van der Waals surface area contributed by atoms with Crippen molar-refractivity contribution < 1.29 is 4.74 Å². The van der Waals surface area contributed by atoms with E-state index >= 15 is 0 Å². The second-order valence-electron chi connectivity index (χ2n) is 5.25. The van der Waals surface area contributed by atoms with Gasteiger partial charge in [-0.15, -0.1) is 23.2 Å². The van der Waals surface area contributed by atoms with Crippen LogP contribution in [0.15, 0.2) is 24.3 Å². The smallest absolute Gasteiger partial charge is 0.0488 e. The van der Waals surface area contributed by atoms with Crippen molar-refractivity contribution in [2.24, 2.45) is 5.92 Å². The van der Waals surface area contributed by atoms with Crippen molar-refractivity contribution in [3.8, 4) is 0 Å². The molecule has 0 bridgehead atoms. The highest BCUT2D eigenvalue weighted by Crippen LogP contribution is 2.35. The summed E-state index contributed by atoms with van der Waals surface area (Å²) in [6.07, 6.45) is 0.774. The van der Waals surface area contributed by atoms with Gasteiger partial charge in [0.05, 0.1) is 0 Å². The monoisotopic (exact) mass is 322 g/mol. The average Bonchev–Trinajstić information content (AvgIpc) is 2.40. The molecule has 0 radical (unpaired) electrons. The standard InChI is InChI=1S/C15H21Cl3O/c1-12(2)9-19-8-7-15(10-16,11-17)13-5-3-4-6-14(13)18/h3-6,12H,7-11H2,1-2H3. The van der Waals surface area contributed by atoms with Crippen LogP contribution < -0.4 is 0 Å². The van der Waals surface area contributed by atoms with E-state index in [1.807, 2.05) is 24.3 Å². The van der Waals surface area contributed by atoms with E-state index in [4.69, 9.17) is 39.5 Å². The predicted molar refractivity (Wildman–Crippen MR) is 84.8 cm³/mol. The SMILES string of the molecule is CC(C)COCCC(CCl)(CCl)c1ccccc1Cl. The van der Waals surface area contributed by atoms with Crippen molar-refractivity contribution in [1.82, 2.24) is 0 Å². The van der Waals surface area contributed by atoms with Crippen LogP contribution in [0.2, 0.25) is 5.02 Å². The average molecular weight is 324 g/mol. The van der Waals surface area contributed by atoms with Gasteiger partial charge in [-0.3, -0.25) is 0 Å². The Morgan fingerprint density at radius 1 is 1.16 bits per heavy atom. The van der Waals surface area contributed by atoms with Crippen LogP contribution in [0.25, 0.3) is 0 Å². The van der Waals surface area contributed by atoms with Gasteiger partial charge >= 0.3 is 0 Å². The summed E-state index contributed by atoms with van der Waals surface area (Å²) >= 11 is 18.6. The van der Waals surface area contributed by atoms with E-state index in [9.17, 15) is 0 Å². The lowest BCUT2D eigenvalue weighted by Crippen LogP contribution is -2.32. The fourth-order valence-corrected chi connectivity index (χ4v) is 3.10. The molecular weight excluding hydrogens is 303 g/mol. The molecule has 19 heavy (non-hydrogen) atoms. The van der Waals surface area contributed by atoms with E-state index in [0.29, 0.717) is 29.3 Å². The lowest BCUT2D eigenvalue weighted by molar-refractivity contribution is 0.0970. The van der Waals surface area contributed by atoms with E-state index in [-0.39, 0.29) is 5.41 Å². The first-order chi connectivity index (χ1) is 9.05. The zero-order valence-corrected chi connectivity index (χ0v) is 13.7. The van der Waals surface area contributed by atoms with Crippen molar-refractivity contribution >= 4 is 34.8 Å². The number of halogens is 3. The number of ether oxygens (including phenoxy) is 1. The molecule has 0 aliphatic heterocycles. The van der Waals surface area contributed by atoms with Gasteiger partial charge in [0, 0.05) is 35.4 Å². The van der Waals surface area contributed by atoms with Gasteiger partial charge in [-0.05, 0) is 24.0 Å². The summed E-state index contributed by atoms with van der Waals surface area (Å²) in [5, 5.41) is 0.715. The topological polar surface area (TPSA) is 9.23 Å². The van der Waals surface area contributed by atoms with Crippen LogP contribution in [0.3, 0.4) is 0 Å². The number of rotatable bonds is 8. The number of benzene rings is 1. The molecule has 0 aromatic heterocycles. The summed E-state index contributed by atoms with van der Waals surface area (Å²) < 4.78 is 5.66. The van der Waals surface area contributed by atoms with Gasteiger partial charge < -0.3 is 4.74 Å². The number of hydrogen-bond acceptors (Lipinski definition) is 1. The third-order valence-electron chi connectivity index (χ3n) is 3.13. The molecule has 1 rings (SSSR count). The number of hydrogen-bond donors (Lipinski definition) is 0. The van der Waals surface area contributed by atoms with Crippen LogP contribution in [0.4, 0.5) is 0 Å². The molecule has 0 heterocycles. The van der Waals surface area contributed by atoms with Crippen molar-refractivity contribution in [3.63, 3.8) is 0 Å². The van der Waals surface area contributed by atoms with Crippen molar-refractivity contribution in [2.75, 3.05) is 25.0 Å². The van der Waals surface area contributed by atoms with Crippen LogP contribution >= 0.6 is 34.8 Å². The lowest BCUT2D eigenvalue weighted by atomic mass is 9.81. The highest BCUT2D eigenvalue weighted by molar-refractivity contribution is 6.32. The molecule has 1 aromatic rings. The lowest BCUT2D eigenvalue weighted by Gasteiger charge is -2.31. The fourth-order valence-electron chi connectivity index (χ4n) is 1.93. The fraction of sp³-hybridized carbons (Fsp3) is 0.600. The van der Waals surface area contributed by atoms with E-state index in [2.05, 4.69) is 13.8 Å². The molecule has 0 fully saturated rings. The summed E-state index contributed by atoms with van der Waals surface area (Å²) in [6, 6.07) is 7.74. The summed E-state index contributed by atoms with van der Waals surface area (Å²) in [4.78, 5) is 0. The zero-order chi connectivity index (χ0) is 14.3. The molecule has 1 nitrogen and oxygen atoms in total. The minimum atomic E-state index is -0.321. The second kappa shape index (κ2) is 8.36. The Labute approximate surface area is 131 Å². The molecule has 1 aromatic carbocycles. The van der Waals surface area contributed by atoms with E-state index in [1.165, 1.54) is 0 Å². The van der Waals surface area contributed by atoms with Gasteiger partial charge in [-0.25, -0.2) is 0 Å². The van der Waals surface area contributed by atoms with Gasteiger partial charge in [0.1, 0.15) is 0 Å². The Balaban J connectivity index is 2.77. The van der Waals surface area contributed by atoms with Crippen molar-refractivity contribution in [2.45, 2.75) is 25.7 Å². The molecule has 0 atom stereocenters. The molecule has 108 valence electrons. The quantitative estimate of drug-likeness (QED) is 0.476. The molecular formula is C15H21Cl3O. The molecule has 0 N–H and O–H groups in total. The largest absolute Gasteiger partial charge is 0.381 e. The zero-order valence-electron chi connectivity index (χ0n) is 11.5. The third-order valence-corrected chi connectivity index (χ3v) is 4.49. The van der Waals surface area contributed by atoms with Crippen LogP contribution in [0.5, 0.6) is 0 Å². The first kappa shape index (κ1) is 17.1. The first-order valence-electron chi connectivity index (χ1n) is 6.50. The molecule has 0 saturated heterocycles. The highest BCUT2D eigenvalue weighted by atomic mass is 35.5. The van der Waals surface area contributed by atoms with Crippen molar-refractivity contribution in [1.29, 1.82) is 0 Å². The van der Waals surface area contributed by atoms with Gasteiger partial charge in [-0.2, -0.15) is 0 Å². The summed E-state index contributed by atoms with van der Waals surface area (Å²) in [7, 11) is 0. The van der Waals surface area contributed by atoms with Crippen LogP contribution in [0, 0.1) is 5.92 Å². The van der Waals surface area contributed by atoms with Gasteiger partial charge in [0.2, 0.25) is 0 Å². The molecule has 0 saturated carbocycles. The molecule has 0 aliphatic rings. The summed E-state index contributed by atoms with van der Waals surface area (Å²) in [5.41, 5.74) is 0.688. The van der Waals surface area contributed by atoms with Crippen LogP contribution in [-0.4, -0.2) is 25.0 Å². The van der Waals surface area contributed by atoms with Gasteiger partial charge in [0.25, 0.3) is 0 Å². The maximum Gasteiger partial charge on any atom is 0.0488 e. The van der Waals surface area contributed by atoms with E-state index < -0.39 is 0 Å². The maximum atomic E-state index is 6.27. The molecule has 0 amide bonds. The molecule has 4 heteroatoms. The van der Waals surface area contributed by atoms with Crippen LogP contribution in [0.1, 0.15) is 25.8 Å². The minimum absolute atomic E-state index is 0.321. The Bertz CT molecular complexity index is 375. The molecule has 0 spiro atoms.